The molecule has 0 spiro atoms. The second kappa shape index (κ2) is 11.9. The maximum absolute atomic E-state index is 13.4. The highest BCUT2D eigenvalue weighted by molar-refractivity contribution is 6.32. The van der Waals surface area contributed by atoms with E-state index in [0.29, 0.717) is 24.0 Å². The van der Waals surface area contributed by atoms with Crippen LogP contribution in [-0.2, 0) is 4.79 Å². The summed E-state index contributed by atoms with van der Waals surface area (Å²) >= 11 is 6.52. The van der Waals surface area contributed by atoms with E-state index in [2.05, 4.69) is 28.4 Å². The number of allylic oxidation sites excluding steroid dienone is 2. The summed E-state index contributed by atoms with van der Waals surface area (Å²) in [6.45, 7) is 11.4. The van der Waals surface area contributed by atoms with Crippen LogP contribution in [0, 0.1) is 11.3 Å². The minimum atomic E-state index is -0.991. The zero-order chi connectivity index (χ0) is 29.7. The van der Waals surface area contributed by atoms with Crippen molar-refractivity contribution in [2.75, 3.05) is 0 Å². The smallest absolute Gasteiger partial charge is 0.305 e. The number of ether oxygens (including phenoxy) is 1. The van der Waals surface area contributed by atoms with E-state index < -0.39 is 28.5 Å². The van der Waals surface area contributed by atoms with Gasteiger partial charge in [-0.1, -0.05) is 23.7 Å². The van der Waals surface area contributed by atoms with Gasteiger partial charge in [0.25, 0.3) is 5.91 Å². The molecule has 0 atom stereocenters. The van der Waals surface area contributed by atoms with Gasteiger partial charge in [-0.05, 0) is 83.8 Å². The maximum atomic E-state index is 13.4. The molecule has 9 nitrogen and oxygen atoms in total. The Labute approximate surface area is 239 Å². The van der Waals surface area contributed by atoms with Crippen LogP contribution in [0.4, 0.5) is 0 Å². The Bertz CT molecular complexity index is 1410. The van der Waals surface area contributed by atoms with Crippen molar-refractivity contribution in [3.63, 3.8) is 0 Å². The van der Waals surface area contributed by atoms with Gasteiger partial charge in [0.15, 0.2) is 0 Å². The Morgan fingerprint density at radius 1 is 1.23 bits per heavy atom. The van der Waals surface area contributed by atoms with Gasteiger partial charge in [0, 0.05) is 34.0 Å². The highest BCUT2D eigenvalue weighted by atomic mass is 35.5. The van der Waals surface area contributed by atoms with Crippen molar-refractivity contribution < 1.29 is 19.4 Å². The van der Waals surface area contributed by atoms with Gasteiger partial charge in [0.05, 0.1) is 17.0 Å². The number of nitrogens with one attached hydrogen (secondary N) is 2. The highest BCUT2D eigenvalue weighted by Gasteiger charge is 2.49. The molecule has 2 aromatic rings. The first-order chi connectivity index (χ1) is 18.7. The lowest BCUT2D eigenvalue weighted by molar-refractivity contribution is -0.139. The summed E-state index contributed by atoms with van der Waals surface area (Å²) in [5.74, 6) is -0.949. The predicted octanol–water partition coefficient (Wildman–Crippen LogP) is 5.40. The Morgan fingerprint density at radius 3 is 2.45 bits per heavy atom. The van der Waals surface area contributed by atoms with Crippen molar-refractivity contribution in [1.82, 2.24) is 10.6 Å². The second-order valence-electron chi connectivity index (χ2n) is 11.2. The minimum Gasteiger partial charge on any atom is -0.481 e. The van der Waals surface area contributed by atoms with Gasteiger partial charge >= 0.3 is 5.97 Å². The van der Waals surface area contributed by atoms with Crippen molar-refractivity contribution in [2.24, 2.45) is 10.7 Å². The molecule has 0 aromatic heterocycles. The third kappa shape index (κ3) is 7.29. The first-order valence-corrected chi connectivity index (χ1v) is 13.0. The first kappa shape index (κ1) is 30.4. The number of piperidine rings is 1. The number of aliphatic imine (C=N–C) groups is 1. The number of rotatable bonds is 9. The molecule has 1 aliphatic rings. The van der Waals surface area contributed by atoms with Crippen LogP contribution in [0.2, 0.25) is 5.02 Å². The van der Waals surface area contributed by atoms with Gasteiger partial charge in [-0.15, -0.1) is 0 Å². The average Bonchev–Trinajstić information content (AvgIpc) is 2.82. The number of benzene rings is 2. The zero-order valence-corrected chi connectivity index (χ0v) is 23.8. The van der Waals surface area contributed by atoms with Crippen LogP contribution < -0.4 is 21.1 Å². The SMILES string of the molecule is C=N/C=C(\C=C/N)c1cccc(Oc2ccc(C(=O)NC3(CC(=O)O)CC(C)(C)NC(C)(C)C3)cc2Cl)c1C#N. The fraction of sp³-hybridized carbons (Fsp3) is 0.333. The molecule has 10 heteroatoms. The molecule has 0 unspecified atom stereocenters. The summed E-state index contributed by atoms with van der Waals surface area (Å²) in [6, 6.07) is 11.8. The third-order valence-corrected chi connectivity index (χ3v) is 6.77. The van der Waals surface area contributed by atoms with Crippen molar-refractivity contribution in [1.29, 1.82) is 5.26 Å². The van der Waals surface area contributed by atoms with Crippen LogP contribution in [0.25, 0.3) is 5.57 Å². The number of amides is 1. The fourth-order valence-electron chi connectivity index (χ4n) is 5.84. The number of carboxylic acids is 1. The Kier molecular flexibility index (Phi) is 9.08. The zero-order valence-electron chi connectivity index (χ0n) is 23.0. The fourth-order valence-corrected chi connectivity index (χ4v) is 6.06. The van der Waals surface area contributed by atoms with Crippen molar-refractivity contribution in [2.45, 2.75) is 63.6 Å². The number of carbonyl (C=O) groups is 2. The normalized spacial score (nSPS) is 17.6. The van der Waals surface area contributed by atoms with Crippen LogP contribution in [0.15, 0.2) is 59.9 Å². The van der Waals surface area contributed by atoms with Crippen LogP contribution in [0.3, 0.4) is 0 Å². The van der Waals surface area contributed by atoms with Gasteiger partial charge in [-0.25, -0.2) is 0 Å². The van der Waals surface area contributed by atoms with E-state index >= 15 is 0 Å². The van der Waals surface area contributed by atoms with Crippen LogP contribution in [0.5, 0.6) is 11.5 Å². The van der Waals surface area contributed by atoms with E-state index in [9.17, 15) is 20.0 Å². The molecule has 1 fully saturated rings. The number of aliphatic carboxylic acids is 1. The molecule has 40 heavy (non-hydrogen) atoms. The summed E-state index contributed by atoms with van der Waals surface area (Å²) in [4.78, 5) is 29.0. The summed E-state index contributed by atoms with van der Waals surface area (Å²) < 4.78 is 5.99. The molecular formula is C30H34ClN5O4. The summed E-state index contributed by atoms with van der Waals surface area (Å²) in [5.41, 5.74) is 5.38. The van der Waals surface area contributed by atoms with Crippen LogP contribution in [0.1, 0.15) is 68.4 Å². The second-order valence-corrected chi connectivity index (χ2v) is 11.6. The summed E-state index contributed by atoms with van der Waals surface area (Å²) in [5, 5.41) is 26.2. The monoisotopic (exact) mass is 563 g/mol. The van der Waals surface area contributed by atoms with Gasteiger partial charge in [0.1, 0.15) is 23.1 Å². The van der Waals surface area contributed by atoms with Gasteiger partial charge < -0.3 is 26.2 Å². The minimum absolute atomic E-state index is 0.144. The molecule has 1 aliphatic heterocycles. The molecule has 0 radical (unpaired) electrons. The molecule has 1 amide bonds. The predicted molar refractivity (Wildman–Crippen MR) is 157 cm³/mol. The molecule has 1 heterocycles. The molecule has 210 valence electrons. The van der Waals surface area contributed by atoms with E-state index in [0.717, 1.165) is 0 Å². The van der Waals surface area contributed by atoms with Gasteiger partial charge in [-0.2, -0.15) is 5.26 Å². The standard InChI is InChI=1S/C30H34ClN5O4/c1-28(2)17-30(14-26(37)38,18-29(3,4)36-28)35-27(39)19-9-10-25(23(31)13-19)40-24-8-6-7-21(22(24)15-33)20(11-12-32)16-34-5/h6-13,16,36H,5,14,17-18,32H2,1-4H3,(H,35,39)(H,37,38)/b12-11-,20-16+. The van der Waals surface area contributed by atoms with Crippen molar-refractivity contribution in [3.8, 4) is 17.6 Å². The Hall–Kier alpha value is -4.13. The number of nitrogens with two attached hydrogens (primary N) is 1. The number of halogens is 1. The molecule has 0 bridgehead atoms. The van der Waals surface area contributed by atoms with E-state index in [1.54, 1.807) is 30.3 Å². The molecule has 5 N–H and O–H groups in total. The summed E-state index contributed by atoms with van der Waals surface area (Å²) in [6.07, 6.45) is 5.05. The lowest BCUT2D eigenvalue weighted by atomic mass is 9.69. The van der Waals surface area contributed by atoms with Crippen LogP contribution >= 0.6 is 11.6 Å². The number of carbonyl (C=O) groups excluding carboxylic acids is 1. The third-order valence-electron chi connectivity index (χ3n) is 6.47. The molecule has 0 aliphatic carbocycles. The first-order valence-electron chi connectivity index (χ1n) is 12.6. The van der Waals surface area contributed by atoms with Crippen molar-refractivity contribution >= 4 is 35.8 Å². The van der Waals surface area contributed by atoms with E-state index in [1.807, 2.05) is 27.7 Å². The quantitative estimate of drug-likeness (QED) is 0.235. The maximum Gasteiger partial charge on any atom is 0.305 e. The van der Waals surface area contributed by atoms with Crippen LogP contribution in [-0.4, -0.2) is 40.3 Å². The Morgan fingerprint density at radius 2 is 1.90 bits per heavy atom. The number of carboxylic acid groups (broad SMARTS) is 1. The van der Waals surface area contributed by atoms with Gasteiger partial charge in [0.2, 0.25) is 0 Å². The lowest BCUT2D eigenvalue weighted by Gasteiger charge is -2.52. The largest absolute Gasteiger partial charge is 0.481 e. The average molecular weight is 564 g/mol. The topological polar surface area (TPSA) is 150 Å². The highest BCUT2D eigenvalue weighted by Crippen LogP contribution is 2.39. The van der Waals surface area contributed by atoms with E-state index in [1.165, 1.54) is 24.5 Å². The number of hydrogen-bond donors (Lipinski definition) is 4. The molecule has 1 saturated heterocycles. The van der Waals surface area contributed by atoms with E-state index in [4.69, 9.17) is 22.1 Å². The number of nitriles is 1. The van der Waals surface area contributed by atoms with E-state index in [-0.39, 0.29) is 34.1 Å². The van der Waals surface area contributed by atoms with Gasteiger partial charge in [-0.3, -0.25) is 14.6 Å². The molecular weight excluding hydrogens is 530 g/mol. The Balaban J connectivity index is 1.91. The number of nitrogens with zero attached hydrogens (tertiary/aromatic N) is 2. The summed E-state index contributed by atoms with van der Waals surface area (Å²) in [7, 11) is 0. The molecule has 2 aromatic carbocycles. The molecule has 3 rings (SSSR count). The molecule has 0 saturated carbocycles. The number of hydrogen-bond acceptors (Lipinski definition) is 7. The van der Waals surface area contributed by atoms with Crippen molar-refractivity contribution in [3.05, 3.63) is 76.6 Å². The lowest BCUT2D eigenvalue weighted by Crippen LogP contribution is -2.68.